The Bertz CT molecular complexity index is 475. The van der Waals surface area contributed by atoms with Crippen LogP contribution < -0.4 is 0 Å². The largest absolute Gasteiger partial charge is 0.227 e. The fraction of sp³-hybridized carbons (Fsp3) is 0.100. The molecule has 0 saturated carbocycles. The first kappa shape index (κ1) is 12.2. The fourth-order valence-electron chi connectivity index (χ4n) is 1.01. The molecule has 0 fully saturated rings. The maximum atomic E-state index is 13.6. The van der Waals surface area contributed by atoms with Crippen molar-refractivity contribution in [3.05, 3.63) is 33.3 Å². The lowest BCUT2D eigenvalue weighted by Crippen LogP contribution is -1.97. The lowest BCUT2D eigenvalue weighted by molar-refractivity contribution is 0.575. The Kier molecular flexibility index (Phi) is 4.30. The maximum absolute atomic E-state index is 13.6. The molecule has 0 bridgehead atoms. The predicted octanol–water partition coefficient (Wildman–Crippen LogP) is 3.36. The average molecular weight is 290 g/mol. The average Bonchev–Trinajstić information content (AvgIpc) is 2.21. The van der Waals surface area contributed by atoms with E-state index in [9.17, 15) is 8.78 Å². The Morgan fingerprint density at radius 1 is 1.53 bits per heavy atom. The Hall–Kier alpha value is -0.860. The summed E-state index contributed by atoms with van der Waals surface area (Å²) in [6, 6.07) is 1.15. The van der Waals surface area contributed by atoms with Crippen LogP contribution in [0.25, 0.3) is 0 Å². The van der Waals surface area contributed by atoms with Crippen molar-refractivity contribution < 1.29 is 8.78 Å². The Morgan fingerprint density at radius 3 is 2.73 bits per heavy atom. The minimum absolute atomic E-state index is 0.126. The molecule has 0 radical (unpaired) electrons. The van der Waals surface area contributed by atoms with Gasteiger partial charge in [0.05, 0.1) is 10.0 Å². The topological polar surface area (TPSA) is 12.4 Å². The normalized spacial score (nSPS) is 10.2. The zero-order chi connectivity index (χ0) is 11.4. The minimum atomic E-state index is -0.731. The van der Waals surface area contributed by atoms with E-state index in [4.69, 9.17) is 0 Å². The third-order valence-corrected chi connectivity index (χ3v) is 2.53. The van der Waals surface area contributed by atoms with Gasteiger partial charge in [-0.25, -0.2) is 13.2 Å². The molecule has 78 valence electrons. The van der Waals surface area contributed by atoms with Crippen LogP contribution in [0.4, 0.5) is 8.78 Å². The first-order chi connectivity index (χ1) is 7.11. The van der Waals surface area contributed by atoms with E-state index in [2.05, 4.69) is 45.0 Å². The van der Waals surface area contributed by atoms with Crippen molar-refractivity contribution in [3.63, 3.8) is 0 Å². The molecule has 0 aliphatic carbocycles. The molecule has 0 heterocycles. The number of hydrogen-bond donors (Lipinski definition) is 1. The predicted molar refractivity (Wildman–Crippen MR) is 63.2 cm³/mol. The zero-order valence-corrected chi connectivity index (χ0v) is 10.2. The molecule has 1 rings (SSSR count). The maximum Gasteiger partial charge on any atom is 0.150 e. The Balaban J connectivity index is 3.48. The highest BCUT2D eigenvalue weighted by atomic mass is 79.9. The molecule has 0 atom stereocenters. The summed E-state index contributed by atoms with van der Waals surface area (Å²) in [6.45, 7) is 1.59. The number of halogens is 3. The van der Waals surface area contributed by atoms with E-state index in [-0.39, 0.29) is 15.6 Å². The first-order valence-corrected chi connectivity index (χ1v) is 5.08. The monoisotopic (exact) mass is 289 g/mol. The van der Waals surface area contributed by atoms with Gasteiger partial charge in [0.15, 0.2) is 0 Å². The summed E-state index contributed by atoms with van der Waals surface area (Å²) in [6.07, 6.45) is 1.00. The Morgan fingerprint density at radius 2 is 2.20 bits per heavy atom. The van der Waals surface area contributed by atoms with Gasteiger partial charge in [0, 0.05) is 11.8 Å². The number of benzene rings is 1. The van der Waals surface area contributed by atoms with Gasteiger partial charge in [0.25, 0.3) is 0 Å². The lowest BCUT2D eigenvalue weighted by Gasteiger charge is -2.03. The molecule has 0 amide bonds. The highest BCUT2D eigenvalue weighted by Crippen LogP contribution is 2.25. The molecule has 0 aliphatic rings. The fourth-order valence-corrected chi connectivity index (χ4v) is 1.55. The van der Waals surface area contributed by atoms with Crippen LogP contribution in [-0.4, -0.2) is 6.21 Å². The van der Waals surface area contributed by atoms with Crippen molar-refractivity contribution in [1.29, 1.82) is 0 Å². The standard InChI is InChI=1S/C10H6BrF2NS/c1-2-3-6-4-8(12)7(5-14-15)10(13)9(6)11/h4-5,15H,1H3/b14-5+. The van der Waals surface area contributed by atoms with Crippen LogP contribution in [0, 0.1) is 23.5 Å². The summed E-state index contributed by atoms with van der Waals surface area (Å²) in [4.78, 5) is 0. The minimum Gasteiger partial charge on any atom is -0.227 e. The van der Waals surface area contributed by atoms with Crippen LogP contribution in [0.5, 0.6) is 0 Å². The molecule has 0 spiro atoms. The van der Waals surface area contributed by atoms with E-state index in [1.165, 1.54) is 0 Å². The highest BCUT2D eigenvalue weighted by Gasteiger charge is 2.14. The van der Waals surface area contributed by atoms with Crippen LogP contribution in [-0.2, 0) is 0 Å². The second kappa shape index (κ2) is 5.29. The summed E-state index contributed by atoms with van der Waals surface area (Å²) in [7, 11) is 0. The van der Waals surface area contributed by atoms with E-state index in [0.717, 1.165) is 12.3 Å². The van der Waals surface area contributed by atoms with E-state index >= 15 is 0 Å². The van der Waals surface area contributed by atoms with Gasteiger partial charge in [-0.15, -0.1) is 5.92 Å². The first-order valence-electron chi connectivity index (χ1n) is 3.89. The molecule has 0 aliphatic heterocycles. The third kappa shape index (κ3) is 2.58. The molecule has 5 heteroatoms. The molecule has 0 unspecified atom stereocenters. The summed E-state index contributed by atoms with van der Waals surface area (Å²) >= 11 is 6.53. The molecule has 0 N–H and O–H groups in total. The van der Waals surface area contributed by atoms with Crippen molar-refractivity contribution in [3.8, 4) is 11.8 Å². The number of hydrogen-bond acceptors (Lipinski definition) is 2. The molecule has 1 aromatic rings. The SMILES string of the molecule is CC#Cc1cc(F)c(/C=N/S)c(F)c1Br. The molecular formula is C10H6BrF2NS. The van der Waals surface area contributed by atoms with Crippen LogP contribution >= 0.6 is 28.7 Å². The molecule has 15 heavy (non-hydrogen) atoms. The summed E-state index contributed by atoms with van der Waals surface area (Å²) in [5.74, 6) is 3.71. The van der Waals surface area contributed by atoms with E-state index in [1.807, 2.05) is 0 Å². The van der Waals surface area contributed by atoms with Gasteiger partial charge in [-0.2, -0.15) is 0 Å². The number of nitrogens with zero attached hydrogens (tertiary/aromatic N) is 1. The molecule has 0 aromatic heterocycles. The third-order valence-electron chi connectivity index (χ3n) is 1.64. The quantitative estimate of drug-likeness (QED) is 0.352. The van der Waals surface area contributed by atoms with Gasteiger partial charge in [-0.05, 0) is 41.7 Å². The summed E-state index contributed by atoms with van der Waals surface area (Å²) < 4.78 is 30.3. The van der Waals surface area contributed by atoms with Crippen molar-refractivity contribution in [2.45, 2.75) is 6.92 Å². The zero-order valence-electron chi connectivity index (χ0n) is 7.68. The van der Waals surface area contributed by atoms with Crippen molar-refractivity contribution in [1.82, 2.24) is 0 Å². The van der Waals surface area contributed by atoms with Gasteiger partial charge < -0.3 is 0 Å². The molecule has 1 nitrogen and oxygen atoms in total. The van der Waals surface area contributed by atoms with Gasteiger partial charge >= 0.3 is 0 Å². The van der Waals surface area contributed by atoms with Crippen molar-refractivity contribution >= 4 is 35.0 Å². The van der Waals surface area contributed by atoms with E-state index < -0.39 is 11.6 Å². The molecule has 1 aromatic carbocycles. The van der Waals surface area contributed by atoms with E-state index in [0.29, 0.717) is 0 Å². The molecular weight excluding hydrogens is 284 g/mol. The van der Waals surface area contributed by atoms with Crippen LogP contribution in [0.1, 0.15) is 18.1 Å². The van der Waals surface area contributed by atoms with Gasteiger partial charge in [-0.3, -0.25) is 0 Å². The van der Waals surface area contributed by atoms with Gasteiger partial charge in [0.2, 0.25) is 0 Å². The number of rotatable bonds is 1. The van der Waals surface area contributed by atoms with Gasteiger partial charge in [0.1, 0.15) is 11.6 Å². The summed E-state index contributed by atoms with van der Waals surface area (Å²) in [5, 5.41) is 0. The number of thiol groups is 1. The van der Waals surface area contributed by atoms with Crippen LogP contribution in [0.3, 0.4) is 0 Å². The molecule has 0 saturated heterocycles. The second-order valence-corrected chi connectivity index (χ2v) is 3.59. The Labute approximate surface area is 100 Å². The van der Waals surface area contributed by atoms with Crippen LogP contribution in [0.2, 0.25) is 0 Å². The van der Waals surface area contributed by atoms with Gasteiger partial charge in [-0.1, -0.05) is 5.92 Å². The van der Waals surface area contributed by atoms with Crippen molar-refractivity contribution in [2.24, 2.45) is 4.40 Å². The summed E-state index contributed by atoms with van der Waals surface area (Å²) in [5.41, 5.74) is 0.0299. The highest BCUT2D eigenvalue weighted by molar-refractivity contribution is 9.10. The smallest absolute Gasteiger partial charge is 0.150 e. The van der Waals surface area contributed by atoms with E-state index in [1.54, 1.807) is 6.92 Å². The second-order valence-electron chi connectivity index (χ2n) is 2.57. The van der Waals surface area contributed by atoms with Crippen molar-refractivity contribution in [2.75, 3.05) is 0 Å². The lowest BCUT2D eigenvalue weighted by atomic mass is 10.1. The van der Waals surface area contributed by atoms with Crippen LogP contribution in [0.15, 0.2) is 14.9 Å².